The second kappa shape index (κ2) is 7.27. The number of aromatic amines is 1. The van der Waals surface area contributed by atoms with Gasteiger partial charge in [-0.3, -0.25) is 14.8 Å². The van der Waals surface area contributed by atoms with Crippen LogP contribution in [0.3, 0.4) is 0 Å². The number of aromatic nitrogens is 2. The Hall–Kier alpha value is -2.87. The molecule has 1 aromatic heterocycles. The molecule has 146 valence electrons. The normalized spacial score (nSPS) is 15.9. The number of fused-ring (bicyclic) bond motifs is 1. The minimum atomic E-state index is -4.34. The van der Waals surface area contributed by atoms with E-state index in [0.29, 0.717) is 43.9 Å². The number of halogens is 3. The van der Waals surface area contributed by atoms with Crippen molar-refractivity contribution in [3.8, 4) is 0 Å². The molecule has 4 rings (SSSR count). The van der Waals surface area contributed by atoms with Gasteiger partial charge >= 0.3 is 6.18 Å². The van der Waals surface area contributed by atoms with Gasteiger partial charge in [-0.25, -0.2) is 0 Å². The van der Waals surface area contributed by atoms with Crippen LogP contribution in [0, 0.1) is 0 Å². The van der Waals surface area contributed by atoms with Crippen LogP contribution in [0.15, 0.2) is 48.7 Å². The van der Waals surface area contributed by atoms with E-state index in [1.807, 2.05) is 12.1 Å². The van der Waals surface area contributed by atoms with Gasteiger partial charge in [-0.2, -0.15) is 18.3 Å². The first-order valence-corrected chi connectivity index (χ1v) is 9.02. The third kappa shape index (κ3) is 3.73. The first kappa shape index (κ1) is 18.5. The van der Waals surface area contributed by atoms with E-state index < -0.39 is 11.7 Å². The number of para-hydroxylation sites is 1. The molecule has 1 saturated heterocycles. The van der Waals surface area contributed by atoms with Crippen LogP contribution in [-0.2, 0) is 12.7 Å². The molecule has 0 spiro atoms. The maximum atomic E-state index is 12.9. The highest BCUT2D eigenvalue weighted by Gasteiger charge is 2.30. The molecule has 2 heterocycles. The summed E-state index contributed by atoms with van der Waals surface area (Å²) in [4.78, 5) is 16.7. The van der Waals surface area contributed by atoms with E-state index in [-0.39, 0.29) is 5.91 Å². The maximum absolute atomic E-state index is 12.9. The van der Waals surface area contributed by atoms with Crippen molar-refractivity contribution in [2.24, 2.45) is 0 Å². The van der Waals surface area contributed by atoms with E-state index in [0.717, 1.165) is 17.0 Å². The predicted octanol–water partition coefficient (Wildman–Crippen LogP) is 3.54. The summed E-state index contributed by atoms with van der Waals surface area (Å²) >= 11 is 0. The third-order valence-electron chi connectivity index (χ3n) is 5.03. The molecule has 1 aliphatic heterocycles. The quantitative estimate of drug-likeness (QED) is 0.747. The van der Waals surface area contributed by atoms with Crippen LogP contribution >= 0.6 is 0 Å². The Morgan fingerprint density at radius 1 is 1.07 bits per heavy atom. The molecule has 0 atom stereocenters. The fraction of sp³-hybridized carbons (Fsp3) is 0.300. The number of hydrogen-bond acceptors (Lipinski definition) is 3. The molecule has 0 aliphatic carbocycles. The van der Waals surface area contributed by atoms with E-state index in [1.54, 1.807) is 23.2 Å². The highest BCUT2D eigenvalue weighted by Crippen LogP contribution is 2.30. The van der Waals surface area contributed by atoms with Crippen molar-refractivity contribution in [2.45, 2.75) is 12.7 Å². The molecule has 1 fully saturated rings. The van der Waals surface area contributed by atoms with E-state index in [1.165, 1.54) is 12.1 Å². The highest BCUT2D eigenvalue weighted by atomic mass is 19.4. The first-order valence-electron chi connectivity index (χ1n) is 9.02. The smallest absolute Gasteiger partial charge is 0.336 e. The number of carbonyl (C=O) groups is 1. The van der Waals surface area contributed by atoms with Crippen LogP contribution in [-0.4, -0.2) is 52.1 Å². The Bertz CT molecular complexity index is 990. The molecule has 1 N–H and O–H groups in total. The number of hydrogen-bond donors (Lipinski definition) is 1. The number of piperazine rings is 1. The number of carbonyl (C=O) groups excluding carboxylic acids is 1. The molecule has 2 aromatic carbocycles. The number of nitrogens with zero attached hydrogens (tertiary/aromatic N) is 3. The third-order valence-corrected chi connectivity index (χ3v) is 5.03. The Labute approximate surface area is 159 Å². The fourth-order valence-electron chi connectivity index (χ4n) is 3.53. The molecule has 0 bridgehead atoms. The highest BCUT2D eigenvalue weighted by molar-refractivity contribution is 6.05. The van der Waals surface area contributed by atoms with Crippen molar-refractivity contribution in [1.29, 1.82) is 0 Å². The standard InChI is InChI=1S/C20H19F3N4O/c21-20(22,23)16-5-1-3-14(11-16)13-26-7-9-27(10-8-26)19(28)17-6-2-4-15-12-24-25-18(15)17/h1-6,11-12H,7-10,13H2,(H,24,25). The van der Waals surface area contributed by atoms with Crippen LogP contribution in [0.1, 0.15) is 21.5 Å². The summed E-state index contributed by atoms with van der Waals surface area (Å²) in [6, 6.07) is 10.9. The molecule has 28 heavy (non-hydrogen) atoms. The lowest BCUT2D eigenvalue weighted by atomic mass is 10.1. The number of H-pyrrole nitrogens is 1. The Kier molecular flexibility index (Phi) is 4.80. The van der Waals surface area contributed by atoms with Crippen molar-refractivity contribution in [2.75, 3.05) is 26.2 Å². The number of alkyl halides is 3. The van der Waals surface area contributed by atoms with Gasteiger partial charge in [0.2, 0.25) is 0 Å². The molecule has 1 amide bonds. The summed E-state index contributed by atoms with van der Waals surface area (Å²) < 4.78 is 38.6. The molecular weight excluding hydrogens is 369 g/mol. The zero-order chi connectivity index (χ0) is 19.7. The van der Waals surface area contributed by atoms with Crippen molar-refractivity contribution < 1.29 is 18.0 Å². The monoisotopic (exact) mass is 388 g/mol. The van der Waals surface area contributed by atoms with Gasteiger partial charge < -0.3 is 4.90 Å². The van der Waals surface area contributed by atoms with Crippen LogP contribution < -0.4 is 0 Å². The Balaban J connectivity index is 1.40. The van der Waals surface area contributed by atoms with Gasteiger partial charge in [0.1, 0.15) is 0 Å². The van der Waals surface area contributed by atoms with Crippen LogP contribution in [0.25, 0.3) is 10.9 Å². The molecular formula is C20H19F3N4O. The maximum Gasteiger partial charge on any atom is 0.416 e. The lowest BCUT2D eigenvalue weighted by Gasteiger charge is -2.35. The van der Waals surface area contributed by atoms with Gasteiger partial charge in [0.25, 0.3) is 5.91 Å². The van der Waals surface area contributed by atoms with Crippen LogP contribution in [0.5, 0.6) is 0 Å². The summed E-state index contributed by atoms with van der Waals surface area (Å²) in [7, 11) is 0. The zero-order valence-corrected chi connectivity index (χ0v) is 15.0. The van der Waals surface area contributed by atoms with Crippen molar-refractivity contribution in [1.82, 2.24) is 20.0 Å². The van der Waals surface area contributed by atoms with Gasteiger partial charge in [0.05, 0.1) is 22.8 Å². The van der Waals surface area contributed by atoms with Gasteiger partial charge in [-0.15, -0.1) is 0 Å². The Morgan fingerprint density at radius 3 is 2.57 bits per heavy atom. The van der Waals surface area contributed by atoms with Crippen LogP contribution in [0.4, 0.5) is 13.2 Å². The summed E-state index contributed by atoms with van der Waals surface area (Å²) in [6.45, 7) is 2.72. The van der Waals surface area contributed by atoms with E-state index in [2.05, 4.69) is 15.1 Å². The number of rotatable bonds is 3. The van der Waals surface area contributed by atoms with Gasteiger partial charge in [0.15, 0.2) is 0 Å². The lowest BCUT2D eigenvalue weighted by Crippen LogP contribution is -2.48. The minimum Gasteiger partial charge on any atom is -0.336 e. The Morgan fingerprint density at radius 2 is 1.82 bits per heavy atom. The van der Waals surface area contributed by atoms with Gasteiger partial charge in [-0.1, -0.05) is 30.3 Å². The summed E-state index contributed by atoms with van der Waals surface area (Å²) in [5.74, 6) is -0.0615. The molecule has 0 radical (unpaired) electrons. The lowest BCUT2D eigenvalue weighted by molar-refractivity contribution is -0.137. The summed E-state index contributed by atoms with van der Waals surface area (Å²) in [6.07, 6.45) is -2.66. The second-order valence-electron chi connectivity index (χ2n) is 6.91. The van der Waals surface area contributed by atoms with Crippen LogP contribution in [0.2, 0.25) is 0 Å². The summed E-state index contributed by atoms with van der Waals surface area (Å²) in [5, 5.41) is 7.74. The van der Waals surface area contributed by atoms with Gasteiger partial charge in [0, 0.05) is 38.1 Å². The van der Waals surface area contributed by atoms with Crippen molar-refractivity contribution >= 4 is 16.8 Å². The zero-order valence-electron chi connectivity index (χ0n) is 15.0. The van der Waals surface area contributed by atoms with Crippen molar-refractivity contribution in [3.05, 3.63) is 65.4 Å². The van der Waals surface area contributed by atoms with Crippen molar-refractivity contribution in [3.63, 3.8) is 0 Å². The average Bonchev–Trinajstić information content (AvgIpc) is 3.16. The fourth-order valence-corrected chi connectivity index (χ4v) is 3.53. The predicted molar refractivity (Wildman–Crippen MR) is 98.7 cm³/mol. The minimum absolute atomic E-state index is 0.0615. The van der Waals surface area contributed by atoms with E-state index in [4.69, 9.17) is 0 Å². The number of amides is 1. The molecule has 0 saturated carbocycles. The molecule has 0 unspecified atom stereocenters. The number of benzene rings is 2. The van der Waals surface area contributed by atoms with Gasteiger partial charge in [-0.05, 0) is 17.7 Å². The molecule has 8 heteroatoms. The SMILES string of the molecule is O=C(c1cccc2cn[nH]c12)N1CCN(Cc2cccc(C(F)(F)F)c2)CC1. The largest absolute Gasteiger partial charge is 0.416 e. The average molecular weight is 388 g/mol. The van der Waals surface area contributed by atoms with E-state index >= 15 is 0 Å². The molecule has 3 aromatic rings. The number of nitrogens with one attached hydrogen (secondary N) is 1. The topological polar surface area (TPSA) is 52.2 Å². The second-order valence-corrected chi connectivity index (χ2v) is 6.91. The van der Waals surface area contributed by atoms with E-state index in [9.17, 15) is 18.0 Å². The molecule has 1 aliphatic rings. The molecule has 5 nitrogen and oxygen atoms in total. The first-order chi connectivity index (χ1) is 13.4. The summed E-state index contributed by atoms with van der Waals surface area (Å²) in [5.41, 5.74) is 1.29.